The number of rotatable bonds is 5. The average molecular weight is 243 g/mol. The van der Waals surface area contributed by atoms with Gasteiger partial charge in [0, 0.05) is 33.7 Å². The van der Waals surface area contributed by atoms with Gasteiger partial charge in [-0.05, 0) is 6.42 Å². The van der Waals surface area contributed by atoms with E-state index < -0.39 is 5.97 Å². The summed E-state index contributed by atoms with van der Waals surface area (Å²) in [6, 6.07) is 0. The van der Waals surface area contributed by atoms with Crippen LogP contribution in [0.3, 0.4) is 0 Å². The van der Waals surface area contributed by atoms with Crippen LogP contribution in [0.4, 0.5) is 0 Å². The summed E-state index contributed by atoms with van der Waals surface area (Å²) in [4.78, 5) is 9.96. The van der Waals surface area contributed by atoms with E-state index in [1.165, 1.54) is 6.42 Å². The van der Waals surface area contributed by atoms with E-state index >= 15 is 0 Å². The number of aliphatic carboxylic acids is 1. The normalized spacial score (nSPS) is 8.50. The quantitative estimate of drug-likeness (QED) is 0.592. The van der Waals surface area contributed by atoms with Gasteiger partial charge < -0.3 is 5.11 Å². The summed E-state index contributed by atoms with van der Waals surface area (Å²) in [5.74, 6) is -0.675. The van der Waals surface area contributed by atoms with Crippen LogP contribution in [-0.2, 0) is 32.1 Å². The molecule has 0 radical (unpaired) electrons. The molecule has 0 rings (SSSR count). The van der Waals surface area contributed by atoms with Crippen molar-refractivity contribution in [2.24, 2.45) is 0 Å². The van der Waals surface area contributed by atoms with E-state index in [4.69, 9.17) is 5.11 Å². The van der Waals surface area contributed by atoms with Gasteiger partial charge in [-0.15, -0.1) is 0 Å². The molecule has 0 saturated heterocycles. The molecule has 10 heavy (non-hydrogen) atoms. The number of unbranched alkanes of at least 4 members (excludes halogenated alkanes) is 3. The van der Waals surface area contributed by atoms with Gasteiger partial charge in [-0.1, -0.05) is 26.2 Å². The smallest absolute Gasteiger partial charge is 0.303 e. The van der Waals surface area contributed by atoms with Crippen molar-refractivity contribution < 1.29 is 37.2 Å². The molecule has 0 fully saturated rings. The molecule has 0 saturated carbocycles. The van der Waals surface area contributed by atoms with Crippen LogP contribution < -0.4 is 0 Å². The number of hydrogen-bond acceptors (Lipinski definition) is 1. The first-order valence-corrected chi connectivity index (χ1v) is 3.49. The average Bonchev–Trinajstić information content (AvgIpc) is 1.80. The van der Waals surface area contributed by atoms with Crippen LogP contribution in [0, 0.1) is 0 Å². The summed E-state index contributed by atoms with van der Waals surface area (Å²) in [6.07, 6.45) is 4.55. The van der Waals surface area contributed by atoms with Crippen molar-refractivity contribution in [3.63, 3.8) is 0 Å². The van der Waals surface area contributed by atoms with E-state index in [2.05, 4.69) is 6.92 Å². The minimum Gasteiger partial charge on any atom is -0.481 e. The molecule has 56 valence electrons. The Morgan fingerprint density at radius 2 is 1.90 bits per heavy atom. The Bertz CT molecular complexity index is 83.7. The third-order valence-corrected chi connectivity index (χ3v) is 1.24. The molecule has 1 N–H and O–H groups in total. The fourth-order valence-electron chi connectivity index (χ4n) is 0.703. The topological polar surface area (TPSA) is 37.3 Å². The number of carbonyl (C=O) groups is 1. The maximum absolute atomic E-state index is 9.96. The summed E-state index contributed by atoms with van der Waals surface area (Å²) in [7, 11) is 0. The first kappa shape index (κ1) is 13.0. The van der Waals surface area contributed by atoms with E-state index in [0.29, 0.717) is 6.42 Å². The molecule has 0 unspecified atom stereocenters. The van der Waals surface area contributed by atoms with Gasteiger partial charge in [0.15, 0.2) is 0 Å². The second-order valence-corrected chi connectivity index (χ2v) is 2.20. The summed E-state index contributed by atoms with van der Waals surface area (Å²) < 4.78 is 0. The van der Waals surface area contributed by atoms with Crippen LogP contribution >= 0.6 is 0 Å². The summed E-state index contributed by atoms with van der Waals surface area (Å²) in [5, 5.41) is 8.21. The summed E-state index contributed by atoms with van der Waals surface area (Å²) in [6.45, 7) is 2.11. The molecule has 0 atom stereocenters. The van der Waals surface area contributed by atoms with E-state index in [-0.39, 0.29) is 27.3 Å². The Hall–Kier alpha value is 0.392. The van der Waals surface area contributed by atoms with Gasteiger partial charge in [0.25, 0.3) is 0 Å². The van der Waals surface area contributed by atoms with Crippen LogP contribution in [0.1, 0.15) is 39.0 Å². The maximum Gasteiger partial charge on any atom is 0.303 e. The molecule has 0 aromatic rings. The summed E-state index contributed by atoms with van der Waals surface area (Å²) in [5.41, 5.74) is 0. The standard InChI is InChI=1S/C7H14O2.Cd/c1-2-3-4-5-6-7(8)9;/h2-6H2,1H3,(H,8,9);. The van der Waals surface area contributed by atoms with Crippen molar-refractivity contribution in [2.45, 2.75) is 39.0 Å². The molecule has 0 spiro atoms. The molecule has 0 amide bonds. The fraction of sp³-hybridized carbons (Fsp3) is 0.857. The Kier molecular flexibility index (Phi) is 12.2. The number of carboxylic acid groups (broad SMARTS) is 1. The van der Waals surface area contributed by atoms with Crippen LogP contribution in [0.15, 0.2) is 0 Å². The minimum atomic E-state index is -0.675. The van der Waals surface area contributed by atoms with Crippen molar-refractivity contribution >= 4 is 5.97 Å². The van der Waals surface area contributed by atoms with Crippen molar-refractivity contribution in [1.82, 2.24) is 0 Å². The number of hydrogen-bond donors (Lipinski definition) is 1. The van der Waals surface area contributed by atoms with Crippen LogP contribution in [0.25, 0.3) is 0 Å². The van der Waals surface area contributed by atoms with E-state index in [1.807, 2.05) is 0 Å². The largest absolute Gasteiger partial charge is 0.481 e. The van der Waals surface area contributed by atoms with Gasteiger partial charge in [0.05, 0.1) is 0 Å². The predicted octanol–water partition coefficient (Wildman–Crippen LogP) is 2.04. The zero-order chi connectivity index (χ0) is 7.11. The van der Waals surface area contributed by atoms with Crippen LogP contribution in [0.2, 0.25) is 0 Å². The van der Waals surface area contributed by atoms with Gasteiger partial charge in [-0.25, -0.2) is 0 Å². The van der Waals surface area contributed by atoms with Gasteiger partial charge in [0.1, 0.15) is 0 Å². The van der Waals surface area contributed by atoms with E-state index in [9.17, 15) is 4.79 Å². The molecule has 0 aliphatic heterocycles. The Morgan fingerprint density at radius 1 is 1.30 bits per heavy atom. The maximum atomic E-state index is 9.96. The monoisotopic (exact) mass is 244 g/mol. The van der Waals surface area contributed by atoms with Crippen molar-refractivity contribution in [2.75, 3.05) is 0 Å². The molecule has 0 aliphatic rings. The van der Waals surface area contributed by atoms with E-state index in [1.54, 1.807) is 0 Å². The zero-order valence-corrected chi connectivity index (χ0v) is 10.6. The first-order valence-electron chi connectivity index (χ1n) is 3.49. The van der Waals surface area contributed by atoms with Crippen molar-refractivity contribution in [3.8, 4) is 0 Å². The van der Waals surface area contributed by atoms with Gasteiger partial charge in [0.2, 0.25) is 0 Å². The Balaban J connectivity index is 0. The van der Waals surface area contributed by atoms with Crippen LogP contribution in [0.5, 0.6) is 0 Å². The molecule has 2 nitrogen and oxygen atoms in total. The Labute approximate surface area is 82.2 Å². The molecule has 0 aliphatic carbocycles. The summed E-state index contributed by atoms with van der Waals surface area (Å²) >= 11 is 0. The SMILES string of the molecule is CCCCCCC(=O)O.[Cd]. The molecule has 0 aromatic heterocycles. The third-order valence-electron chi connectivity index (χ3n) is 1.24. The molecule has 0 aromatic carbocycles. The molecule has 0 heterocycles. The molecular formula is C7H14CdO2. The van der Waals surface area contributed by atoms with Gasteiger partial charge in [-0.2, -0.15) is 0 Å². The molecule has 0 bridgehead atoms. The second-order valence-electron chi connectivity index (χ2n) is 2.20. The third kappa shape index (κ3) is 11.2. The second kappa shape index (κ2) is 9.39. The fourth-order valence-corrected chi connectivity index (χ4v) is 0.703. The van der Waals surface area contributed by atoms with Gasteiger partial charge in [-0.3, -0.25) is 4.79 Å². The van der Waals surface area contributed by atoms with Crippen molar-refractivity contribution in [1.29, 1.82) is 0 Å². The number of carboxylic acids is 1. The Morgan fingerprint density at radius 3 is 2.30 bits per heavy atom. The molecule has 3 heteroatoms. The van der Waals surface area contributed by atoms with Crippen LogP contribution in [-0.4, -0.2) is 11.1 Å². The van der Waals surface area contributed by atoms with Crippen molar-refractivity contribution in [3.05, 3.63) is 0 Å². The first-order chi connectivity index (χ1) is 4.27. The van der Waals surface area contributed by atoms with Gasteiger partial charge >= 0.3 is 5.97 Å². The van der Waals surface area contributed by atoms with E-state index in [0.717, 1.165) is 19.3 Å². The zero-order valence-electron chi connectivity index (χ0n) is 6.60. The molecular weight excluding hydrogens is 228 g/mol. The minimum absolute atomic E-state index is 0. The predicted molar refractivity (Wildman–Crippen MR) is 36.4 cm³/mol.